The van der Waals surface area contributed by atoms with Crippen molar-refractivity contribution < 1.29 is 9.47 Å². The molecule has 2 atom stereocenters. The molecule has 2 aliphatic heterocycles. The summed E-state index contributed by atoms with van der Waals surface area (Å²) < 4.78 is 13.6. The Morgan fingerprint density at radius 2 is 1.00 bits per heavy atom. The van der Waals surface area contributed by atoms with Gasteiger partial charge >= 0.3 is 0 Å². The molecule has 0 aliphatic carbocycles. The predicted molar refractivity (Wildman–Crippen MR) is 132 cm³/mol. The highest BCUT2D eigenvalue weighted by Crippen LogP contribution is 2.53. The molecule has 2 aliphatic rings. The van der Waals surface area contributed by atoms with Gasteiger partial charge in [-0.05, 0) is 48.2 Å². The average Bonchev–Trinajstić information content (AvgIpc) is 2.83. The molecule has 164 valence electrons. The molecule has 0 fully saturated rings. The van der Waals surface area contributed by atoms with E-state index in [4.69, 9.17) is 9.47 Å². The van der Waals surface area contributed by atoms with E-state index in [0.29, 0.717) is 0 Å². The fraction of sp³-hybridized carbons (Fsp3) is 0.226. The molecular weight excluding hydrogens is 404 g/mol. The summed E-state index contributed by atoms with van der Waals surface area (Å²) in [5, 5.41) is 0. The van der Waals surface area contributed by atoms with Crippen LogP contribution in [0.1, 0.15) is 58.1 Å². The van der Waals surface area contributed by atoms with Crippen LogP contribution in [-0.4, -0.2) is 5.79 Å². The minimum atomic E-state index is -0.720. The van der Waals surface area contributed by atoms with Crippen LogP contribution in [0.25, 0.3) is 0 Å². The van der Waals surface area contributed by atoms with Gasteiger partial charge in [-0.1, -0.05) is 84.9 Å². The molecule has 4 aromatic carbocycles. The SMILES string of the molecule is Cc1ccc2c(c1)OC1(CC2c2ccccc2)CC(c2ccccc2)c2ccc(C)cc2O1. The van der Waals surface area contributed by atoms with Crippen LogP contribution in [0, 0.1) is 13.8 Å². The Labute approximate surface area is 195 Å². The molecule has 0 aromatic heterocycles. The molecule has 2 heterocycles. The van der Waals surface area contributed by atoms with Gasteiger partial charge in [0.15, 0.2) is 0 Å². The van der Waals surface area contributed by atoms with Gasteiger partial charge in [0.1, 0.15) is 11.5 Å². The molecule has 2 nitrogen and oxygen atoms in total. The summed E-state index contributed by atoms with van der Waals surface area (Å²) in [6.07, 6.45) is 1.56. The second kappa shape index (κ2) is 7.81. The maximum Gasteiger partial charge on any atom is 0.253 e. The first-order valence-electron chi connectivity index (χ1n) is 11.8. The molecule has 0 saturated heterocycles. The van der Waals surface area contributed by atoms with Gasteiger partial charge in [-0.15, -0.1) is 0 Å². The highest BCUT2D eigenvalue weighted by Gasteiger charge is 2.49. The summed E-state index contributed by atoms with van der Waals surface area (Å²) in [7, 11) is 0. The van der Waals surface area contributed by atoms with Crippen LogP contribution in [0.2, 0.25) is 0 Å². The van der Waals surface area contributed by atoms with E-state index in [1.807, 2.05) is 0 Å². The Balaban J connectivity index is 1.50. The molecule has 2 heteroatoms. The number of hydrogen-bond donors (Lipinski definition) is 0. The van der Waals surface area contributed by atoms with Crippen molar-refractivity contribution >= 4 is 0 Å². The van der Waals surface area contributed by atoms with Gasteiger partial charge in [0.2, 0.25) is 0 Å². The van der Waals surface area contributed by atoms with Crippen molar-refractivity contribution in [2.75, 3.05) is 0 Å². The molecular formula is C31H28O2. The van der Waals surface area contributed by atoms with Crippen molar-refractivity contribution in [2.45, 2.75) is 44.3 Å². The minimum absolute atomic E-state index is 0.221. The lowest BCUT2D eigenvalue weighted by molar-refractivity contribution is -0.146. The predicted octanol–water partition coefficient (Wildman–Crippen LogP) is 7.53. The standard InChI is InChI=1S/C31H28O2/c1-21-13-15-25-27(23-9-5-3-6-10-23)19-31(32-29(25)17-21)20-28(24-11-7-4-8-12-24)26-16-14-22(2)18-30(26)33-31/h3-18,27-28H,19-20H2,1-2H3. The Bertz CT molecular complexity index is 1190. The molecule has 33 heavy (non-hydrogen) atoms. The van der Waals surface area contributed by atoms with Gasteiger partial charge in [-0.3, -0.25) is 0 Å². The fourth-order valence-electron chi connectivity index (χ4n) is 5.51. The normalized spacial score (nSPS) is 23.2. The van der Waals surface area contributed by atoms with Gasteiger partial charge < -0.3 is 9.47 Å². The van der Waals surface area contributed by atoms with Crippen LogP contribution < -0.4 is 9.47 Å². The maximum atomic E-state index is 6.82. The van der Waals surface area contributed by atoms with E-state index in [2.05, 4.69) is 111 Å². The van der Waals surface area contributed by atoms with E-state index in [-0.39, 0.29) is 11.8 Å². The van der Waals surface area contributed by atoms with Crippen LogP contribution in [0.5, 0.6) is 11.5 Å². The number of benzene rings is 4. The molecule has 0 amide bonds. The van der Waals surface area contributed by atoms with Crippen LogP contribution in [0.3, 0.4) is 0 Å². The molecule has 1 spiro atoms. The zero-order chi connectivity index (χ0) is 22.4. The van der Waals surface area contributed by atoms with Crippen molar-refractivity contribution in [3.8, 4) is 11.5 Å². The Morgan fingerprint density at radius 3 is 1.42 bits per heavy atom. The summed E-state index contributed by atoms with van der Waals surface area (Å²) in [5.41, 5.74) is 7.49. The highest BCUT2D eigenvalue weighted by atomic mass is 16.7. The molecule has 0 saturated carbocycles. The first-order valence-corrected chi connectivity index (χ1v) is 11.8. The van der Waals surface area contributed by atoms with E-state index in [9.17, 15) is 0 Å². The van der Waals surface area contributed by atoms with Crippen molar-refractivity contribution in [3.05, 3.63) is 130 Å². The Hall–Kier alpha value is -3.52. The van der Waals surface area contributed by atoms with E-state index in [1.165, 1.54) is 33.4 Å². The molecule has 4 aromatic rings. The second-order valence-corrected chi connectivity index (χ2v) is 9.53. The number of ether oxygens (including phenoxy) is 2. The molecule has 0 N–H and O–H groups in total. The van der Waals surface area contributed by atoms with Crippen molar-refractivity contribution in [2.24, 2.45) is 0 Å². The zero-order valence-corrected chi connectivity index (χ0v) is 19.1. The number of aryl methyl sites for hydroxylation is 2. The van der Waals surface area contributed by atoms with Gasteiger partial charge in [-0.2, -0.15) is 0 Å². The third kappa shape index (κ3) is 3.60. The number of hydrogen-bond acceptors (Lipinski definition) is 2. The van der Waals surface area contributed by atoms with Gasteiger partial charge in [0.25, 0.3) is 5.79 Å². The number of rotatable bonds is 2. The molecule has 2 unspecified atom stereocenters. The Kier molecular flexibility index (Phi) is 4.76. The van der Waals surface area contributed by atoms with E-state index in [0.717, 1.165) is 24.3 Å². The lowest BCUT2D eigenvalue weighted by atomic mass is 9.76. The fourth-order valence-corrected chi connectivity index (χ4v) is 5.51. The summed E-state index contributed by atoms with van der Waals surface area (Å²) >= 11 is 0. The first-order chi connectivity index (χ1) is 16.1. The lowest BCUT2D eigenvalue weighted by Gasteiger charge is -2.47. The van der Waals surface area contributed by atoms with Gasteiger partial charge in [0.05, 0.1) is 0 Å². The smallest absolute Gasteiger partial charge is 0.253 e. The summed E-state index contributed by atoms with van der Waals surface area (Å²) in [6, 6.07) is 34.7. The molecule has 6 rings (SSSR count). The van der Waals surface area contributed by atoms with Crippen LogP contribution in [0.4, 0.5) is 0 Å². The van der Waals surface area contributed by atoms with E-state index >= 15 is 0 Å². The van der Waals surface area contributed by atoms with Crippen molar-refractivity contribution in [3.63, 3.8) is 0 Å². The first kappa shape index (κ1) is 20.1. The summed E-state index contributed by atoms with van der Waals surface area (Å²) in [6.45, 7) is 4.24. The van der Waals surface area contributed by atoms with Crippen LogP contribution in [0.15, 0.2) is 97.1 Å². The topological polar surface area (TPSA) is 18.5 Å². The summed E-state index contributed by atoms with van der Waals surface area (Å²) in [5.74, 6) is 1.61. The minimum Gasteiger partial charge on any atom is -0.452 e. The zero-order valence-electron chi connectivity index (χ0n) is 19.1. The van der Waals surface area contributed by atoms with Crippen LogP contribution in [-0.2, 0) is 0 Å². The monoisotopic (exact) mass is 432 g/mol. The second-order valence-electron chi connectivity index (χ2n) is 9.53. The maximum absolute atomic E-state index is 6.82. The van der Waals surface area contributed by atoms with E-state index < -0.39 is 5.79 Å². The summed E-state index contributed by atoms with van der Waals surface area (Å²) in [4.78, 5) is 0. The third-order valence-electron chi connectivity index (χ3n) is 7.12. The lowest BCUT2D eigenvalue weighted by Crippen LogP contribution is -2.50. The highest BCUT2D eigenvalue weighted by molar-refractivity contribution is 5.50. The largest absolute Gasteiger partial charge is 0.452 e. The average molecular weight is 433 g/mol. The van der Waals surface area contributed by atoms with Crippen LogP contribution >= 0.6 is 0 Å². The van der Waals surface area contributed by atoms with Gasteiger partial charge in [0, 0.05) is 35.8 Å². The van der Waals surface area contributed by atoms with Crippen molar-refractivity contribution in [1.82, 2.24) is 0 Å². The van der Waals surface area contributed by atoms with E-state index in [1.54, 1.807) is 0 Å². The quantitative estimate of drug-likeness (QED) is 0.326. The molecule has 0 bridgehead atoms. The van der Waals surface area contributed by atoms with Crippen molar-refractivity contribution in [1.29, 1.82) is 0 Å². The third-order valence-corrected chi connectivity index (χ3v) is 7.12. The number of fused-ring (bicyclic) bond motifs is 2. The molecule has 0 radical (unpaired) electrons. The van der Waals surface area contributed by atoms with Gasteiger partial charge in [-0.25, -0.2) is 0 Å². The Morgan fingerprint density at radius 1 is 0.576 bits per heavy atom.